The molecule has 1 aromatic heterocycles. The van der Waals surface area contributed by atoms with Crippen LogP contribution in [0.3, 0.4) is 0 Å². The molecule has 0 fully saturated rings. The molecule has 3 aromatic rings. The monoisotopic (exact) mass is 372 g/mol. The summed E-state index contributed by atoms with van der Waals surface area (Å²) >= 11 is 0. The highest BCUT2D eigenvalue weighted by Gasteiger charge is 2.28. The minimum absolute atomic E-state index is 0.198. The van der Waals surface area contributed by atoms with Gasteiger partial charge in [-0.2, -0.15) is 0 Å². The van der Waals surface area contributed by atoms with E-state index < -0.39 is 0 Å². The molecule has 28 heavy (non-hydrogen) atoms. The average Bonchev–Trinajstić information content (AvgIpc) is 2.74. The van der Waals surface area contributed by atoms with Crippen LogP contribution in [0.15, 0.2) is 72.9 Å². The first-order chi connectivity index (χ1) is 13.6. The molecule has 4 rings (SSSR count). The van der Waals surface area contributed by atoms with E-state index in [9.17, 15) is 9.59 Å². The van der Waals surface area contributed by atoms with Crippen molar-refractivity contribution in [2.24, 2.45) is 0 Å². The Kier molecular flexibility index (Phi) is 4.89. The molecule has 2 aromatic carbocycles. The number of ether oxygens (including phenoxy) is 1. The Morgan fingerprint density at radius 2 is 1.89 bits per heavy atom. The molecule has 0 radical (unpaired) electrons. The number of amides is 1. The topological polar surface area (TPSA) is 68.3 Å². The van der Waals surface area contributed by atoms with E-state index in [0.717, 1.165) is 16.8 Å². The molecule has 0 spiro atoms. The molecule has 1 N–H and O–H groups in total. The van der Waals surface area contributed by atoms with Gasteiger partial charge in [0.2, 0.25) is 0 Å². The van der Waals surface area contributed by atoms with E-state index in [1.807, 2.05) is 55.5 Å². The molecule has 1 aliphatic heterocycles. The third-order valence-corrected chi connectivity index (χ3v) is 4.89. The van der Waals surface area contributed by atoms with Crippen molar-refractivity contribution in [3.63, 3.8) is 0 Å². The summed E-state index contributed by atoms with van der Waals surface area (Å²) in [6.07, 6.45) is 1.90. The number of hydrogen-bond acceptors (Lipinski definition) is 4. The summed E-state index contributed by atoms with van der Waals surface area (Å²) in [4.78, 5) is 29.3. The van der Waals surface area contributed by atoms with Gasteiger partial charge in [0.05, 0.1) is 17.3 Å². The largest absolute Gasteiger partial charge is 0.454 e. The molecule has 0 saturated carbocycles. The summed E-state index contributed by atoms with van der Waals surface area (Å²) in [6, 6.07) is 20.1. The number of fused-ring (bicyclic) bond motifs is 1. The summed E-state index contributed by atoms with van der Waals surface area (Å²) in [5.41, 5.74) is 3.59. The highest BCUT2D eigenvalue weighted by molar-refractivity contribution is 5.98. The van der Waals surface area contributed by atoms with Gasteiger partial charge in [-0.25, -0.2) is 4.79 Å². The SMILES string of the molecule is C[C@@H](NC(=O)c1ccc2c(c1)C[C@@H](c1ccccc1)OC2=O)c1ccccn1. The number of pyridine rings is 1. The fourth-order valence-electron chi connectivity index (χ4n) is 3.38. The van der Waals surface area contributed by atoms with Crippen LogP contribution in [0.1, 0.15) is 56.6 Å². The average molecular weight is 372 g/mol. The van der Waals surface area contributed by atoms with Gasteiger partial charge >= 0.3 is 5.97 Å². The predicted octanol–water partition coefficient (Wildman–Crippen LogP) is 4.03. The number of nitrogens with one attached hydrogen (secondary N) is 1. The van der Waals surface area contributed by atoms with Crippen LogP contribution in [0.25, 0.3) is 0 Å². The smallest absolute Gasteiger partial charge is 0.339 e. The predicted molar refractivity (Wildman–Crippen MR) is 105 cm³/mol. The van der Waals surface area contributed by atoms with E-state index in [1.165, 1.54) is 0 Å². The normalized spacial score (nSPS) is 16.6. The lowest BCUT2D eigenvalue weighted by Gasteiger charge is -2.25. The Bertz CT molecular complexity index is 1000. The van der Waals surface area contributed by atoms with Crippen molar-refractivity contribution in [3.8, 4) is 0 Å². The van der Waals surface area contributed by atoms with Crippen LogP contribution in [0.2, 0.25) is 0 Å². The zero-order valence-corrected chi connectivity index (χ0v) is 15.5. The van der Waals surface area contributed by atoms with Gasteiger partial charge < -0.3 is 10.1 Å². The van der Waals surface area contributed by atoms with Gasteiger partial charge in [0, 0.05) is 18.2 Å². The summed E-state index contributed by atoms with van der Waals surface area (Å²) in [5.74, 6) is -0.555. The second-order valence-corrected chi connectivity index (χ2v) is 6.83. The maximum absolute atomic E-state index is 12.7. The lowest BCUT2D eigenvalue weighted by atomic mass is 9.93. The quantitative estimate of drug-likeness (QED) is 0.702. The second kappa shape index (κ2) is 7.64. The zero-order valence-electron chi connectivity index (χ0n) is 15.5. The zero-order chi connectivity index (χ0) is 19.5. The van der Waals surface area contributed by atoms with Crippen molar-refractivity contribution >= 4 is 11.9 Å². The lowest BCUT2D eigenvalue weighted by molar-refractivity contribution is 0.0252. The minimum atomic E-state index is -0.357. The maximum atomic E-state index is 12.7. The Hall–Kier alpha value is -3.47. The molecule has 0 aliphatic carbocycles. The third-order valence-electron chi connectivity index (χ3n) is 4.89. The highest BCUT2D eigenvalue weighted by Crippen LogP contribution is 2.31. The molecule has 5 heteroatoms. The lowest BCUT2D eigenvalue weighted by Crippen LogP contribution is -2.28. The van der Waals surface area contributed by atoms with E-state index in [2.05, 4.69) is 10.3 Å². The molecule has 1 aliphatic rings. The van der Waals surface area contributed by atoms with Crippen LogP contribution in [-0.2, 0) is 11.2 Å². The summed E-state index contributed by atoms with van der Waals surface area (Å²) < 4.78 is 5.57. The molecular weight excluding hydrogens is 352 g/mol. The molecule has 1 amide bonds. The number of carbonyl (C=O) groups is 2. The molecule has 140 valence electrons. The molecule has 0 bridgehead atoms. The summed E-state index contributed by atoms with van der Waals surface area (Å²) in [6.45, 7) is 1.89. The number of rotatable bonds is 4. The van der Waals surface area contributed by atoms with Gasteiger partial charge in [0.15, 0.2) is 0 Å². The molecule has 0 saturated heterocycles. The number of benzene rings is 2. The molecule has 2 heterocycles. The third kappa shape index (κ3) is 3.64. The Morgan fingerprint density at radius 3 is 2.64 bits per heavy atom. The Labute approximate surface area is 163 Å². The van der Waals surface area contributed by atoms with Gasteiger partial charge in [-0.15, -0.1) is 0 Å². The van der Waals surface area contributed by atoms with Gasteiger partial charge in [0.25, 0.3) is 5.91 Å². The van der Waals surface area contributed by atoms with Gasteiger partial charge in [-0.05, 0) is 48.4 Å². The standard InChI is InChI=1S/C23H20N2O3/c1-15(20-9-5-6-12-24-20)25-22(26)17-10-11-19-18(13-17)14-21(28-23(19)27)16-7-3-2-4-8-16/h2-13,15,21H,14H2,1H3,(H,25,26)/t15-,21+/m1/s1. The second-order valence-electron chi connectivity index (χ2n) is 6.83. The van der Waals surface area contributed by atoms with Crippen molar-refractivity contribution < 1.29 is 14.3 Å². The van der Waals surface area contributed by atoms with Crippen molar-refractivity contribution in [3.05, 3.63) is 101 Å². The van der Waals surface area contributed by atoms with Gasteiger partial charge in [0.1, 0.15) is 6.10 Å². The van der Waals surface area contributed by atoms with Gasteiger partial charge in [-0.3, -0.25) is 9.78 Å². The van der Waals surface area contributed by atoms with Crippen LogP contribution >= 0.6 is 0 Å². The Morgan fingerprint density at radius 1 is 1.11 bits per heavy atom. The van der Waals surface area contributed by atoms with Crippen LogP contribution in [-0.4, -0.2) is 16.9 Å². The van der Waals surface area contributed by atoms with E-state index in [4.69, 9.17) is 4.74 Å². The van der Waals surface area contributed by atoms with E-state index in [1.54, 1.807) is 24.4 Å². The number of nitrogens with zero attached hydrogens (tertiary/aromatic N) is 1. The highest BCUT2D eigenvalue weighted by atomic mass is 16.5. The number of carbonyl (C=O) groups excluding carboxylic acids is 2. The van der Waals surface area contributed by atoms with Crippen LogP contribution in [0, 0.1) is 0 Å². The first-order valence-corrected chi connectivity index (χ1v) is 9.22. The van der Waals surface area contributed by atoms with Crippen LogP contribution < -0.4 is 5.32 Å². The fraction of sp³-hybridized carbons (Fsp3) is 0.174. The fourth-order valence-corrected chi connectivity index (χ4v) is 3.38. The first kappa shape index (κ1) is 17.9. The molecule has 0 unspecified atom stereocenters. The van der Waals surface area contributed by atoms with Crippen LogP contribution in [0.5, 0.6) is 0 Å². The number of hydrogen-bond donors (Lipinski definition) is 1. The van der Waals surface area contributed by atoms with Gasteiger partial charge in [-0.1, -0.05) is 36.4 Å². The van der Waals surface area contributed by atoms with Crippen molar-refractivity contribution in [2.75, 3.05) is 0 Å². The molecule has 2 atom stereocenters. The number of cyclic esters (lactones) is 1. The van der Waals surface area contributed by atoms with Crippen molar-refractivity contribution in [1.82, 2.24) is 10.3 Å². The maximum Gasteiger partial charge on any atom is 0.339 e. The summed E-state index contributed by atoms with van der Waals surface area (Å²) in [7, 11) is 0. The number of aromatic nitrogens is 1. The van der Waals surface area contributed by atoms with Crippen LogP contribution in [0.4, 0.5) is 0 Å². The first-order valence-electron chi connectivity index (χ1n) is 9.22. The Balaban J connectivity index is 1.55. The van der Waals surface area contributed by atoms with Crippen molar-refractivity contribution in [1.29, 1.82) is 0 Å². The number of esters is 1. The van der Waals surface area contributed by atoms with Crippen molar-refractivity contribution in [2.45, 2.75) is 25.5 Å². The minimum Gasteiger partial charge on any atom is -0.454 e. The molecule has 5 nitrogen and oxygen atoms in total. The molecular formula is C23H20N2O3. The van der Waals surface area contributed by atoms with E-state index in [-0.39, 0.29) is 24.0 Å². The van der Waals surface area contributed by atoms with E-state index >= 15 is 0 Å². The van der Waals surface area contributed by atoms with E-state index in [0.29, 0.717) is 17.5 Å². The summed E-state index contributed by atoms with van der Waals surface area (Å²) in [5, 5.41) is 2.96.